The van der Waals surface area contributed by atoms with Gasteiger partial charge in [0.05, 0.1) is 0 Å². The summed E-state index contributed by atoms with van der Waals surface area (Å²) in [6.45, 7) is 1.89. The van der Waals surface area contributed by atoms with Crippen LogP contribution < -0.4 is 5.63 Å². The van der Waals surface area contributed by atoms with Crippen LogP contribution >= 0.6 is 0 Å². The Morgan fingerprint density at radius 3 is 2.75 bits per heavy atom. The molecule has 4 heteroatoms. The van der Waals surface area contributed by atoms with Crippen LogP contribution in [0.25, 0.3) is 11.0 Å². The van der Waals surface area contributed by atoms with Crippen molar-refractivity contribution in [2.75, 3.05) is 0 Å². The number of benzene rings is 1. The molecule has 20 heavy (non-hydrogen) atoms. The summed E-state index contributed by atoms with van der Waals surface area (Å²) in [6, 6.07) is 7.40. The highest BCUT2D eigenvalue weighted by atomic mass is 16.4. The molecule has 2 aromatic rings. The minimum atomic E-state index is -0.743. The van der Waals surface area contributed by atoms with Crippen molar-refractivity contribution in [1.82, 2.24) is 0 Å². The number of fused-ring (bicyclic) bond motifs is 1. The predicted molar refractivity (Wildman–Crippen MR) is 77.0 cm³/mol. The molecule has 0 saturated heterocycles. The molecule has 0 saturated carbocycles. The lowest BCUT2D eigenvalue weighted by Crippen LogP contribution is -1.98. The SMILES string of the molecule is Cc1cc(=O)oc2cc(CCCCCC(=O)O)ccc12. The molecular formula is C16H18O4. The fourth-order valence-corrected chi connectivity index (χ4v) is 2.31. The van der Waals surface area contributed by atoms with Crippen LogP contribution in [0.15, 0.2) is 33.5 Å². The second kappa shape index (κ2) is 6.37. The van der Waals surface area contributed by atoms with Gasteiger partial charge in [0.15, 0.2) is 0 Å². The van der Waals surface area contributed by atoms with E-state index in [2.05, 4.69) is 0 Å². The third-order valence-corrected chi connectivity index (χ3v) is 3.37. The Labute approximate surface area is 117 Å². The number of carboxylic acid groups (broad SMARTS) is 1. The lowest BCUT2D eigenvalue weighted by Gasteiger charge is -2.04. The molecule has 0 spiro atoms. The number of carboxylic acids is 1. The number of unbranched alkanes of at least 4 members (excludes halogenated alkanes) is 2. The van der Waals surface area contributed by atoms with Crippen molar-refractivity contribution in [3.05, 3.63) is 45.8 Å². The van der Waals surface area contributed by atoms with Gasteiger partial charge in [-0.25, -0.2) is 4.79 Å². The van der Waals surface area contributed by atoms with Gasteiger partial charge < -0.3 is 9.52 Å². The molecule has 0 aliphatic rings. The molecule has 0 aliphatic heterocycles. The van der Waals surface area contributed by atoms with E-state index in [4.69, 9.17) is 9.52 Å². The van der Waals surface area contributed by atoms with E-state index in [-0.39, 0.29) is 12.0 Å². The molecule has 1 aromatic carbocycles. The largest absolute Gasteiger partial charge is 0.481 e. The Balaban J connectivity index is 2.01. The molecule has 0 unspecified atom stereocenters. The molecule has 0 aliphatic carbocycles. The molecule has 106 valence electrons. The molecule has 1 aromatic heterocycles. The third-order valence-electron chi connectivity index (χ3n) is 3.37. The van der Waals surface area contributed by atoms with Gasteiger partial charge >= 0.3 is 11.6 Å². The maximum Gasteiger partial charge on any atom is 0.336 e. The first kappa shape index (κ1) is 14.3. The van der Waals surface area contributed by atoms with Crippen molar-refractivity contribution in [2.24, 2.45) is 0 Å². The van der Waals surface area contributed by atoms with Gasteiger partial charge in [-0.15, -0.1) is 0 Å². The van der Waals surface area contributed by atoms with E-state index in [0.29, 0.717) is 12.0 Å². The molecule has 0 radical (unpaired) electrons. The third kappa shape index (κ3) is 3.70. The lowest BCUT2D eigenvalue weighted by atomic mass is 10.0. The average Bonchev–Trinajstić information content (AvgIpc) is 2.37. The maximum absolute atomic E-state index is 11.4. The first-order valence-corrected chi connectivity index (χ1v) is 6.81. The van der Waals surface area contributed by atoms with Crippen molar-refractivity contribution in [3.8, 4) is 0 Å². The fourth-order valence-electron chi connectivity index (χ4n) is 2.31. The Kier molecular flexibility index (Phi) is 4.56. The van der Waals surface area contributed by atoms with Crippen LogP contribution in [0.3, 0.4) is 0 Å². The van der Waals surface area contributed by atoms with E-state index >= 15 is 0 Å². The van der Waals surface area contributed by atoms with Crippen molar-refractivity contribution in [1.29, 1.82) is 0 Å². The standard InChI is InChI=1S/C16H18O4/c1-11-9-16(19)20-14-10-12(7-8-13(11)14)5-3-2-4-6-15(17)18/h7-10H,2-6H2,1H3,(H,17,18). The van der Waals surface area contributed by atoms with Gasteiger partial charge in [-0.2, -0.15) is 0 Å². The fraction of sp³-hybridized carbons (Fsp3) is 0.375. The maximum atomic E-state index is 11.4. The van der Waals surface area contributed by atoms with Crippen LogP contribution in [0.5, 0.6) is 0 Å². The molecule has 0 fully saturated rings. The highest BCUT2D eigenvalue weighted by Gasteiger charge is 2.04. The average molecular weight is 274 g/mol. The van der Waals surface area contributed by atoms with E-state index in [0.717, 1.165) is 35.8 Å². The zero-order valence-electron chi connectivity index (χ0n) is 11.5. The second-order valence-electron chi connectivity index (χ2n) is 5.03. The number of aliphatic carboxylic acids is 1. The molecule has 1 N–H and O–H groups in total. The van der Waals surface area contributed by atoms with Crippen LogP contribution in [-0.4, -0.2) is 11.1 Å². The van der Waals surface area contributed by atoms with Gasteiger partial charge in [0.2, 0.25) is 0 Å². The molecular weight excluding hydrogens is 256 g/mol. The highest BCUT2D eigenvalue weighted by Crippen LogP contribution is 2.19. The number of hydrogen-bond acceptors (Lipinski definition) is 3. The monoisotopic (exact) mass is 274 g/mol. The Bertz CT molecular complexity index is 670. The minimum Gasteiger partial charge on any atom is -0.481 e. The quantitative estimate of drug-likeness (QED) is 0.648. The van der Waals surface area contributed by atoms with Gasteiger partial charge in [-0.05, 0) is 43.4 Å². The number of hydrogen-bond donors (Lipinski definition) is 1. The Morgan fingerprint density at radius 1 is 1.20 bits per heavy atom. The molecule has 0 amide bonds. The molecule has 1 heterocycles. The molecule has 0 atom stereocenters. The summed E-state index contributed by atoms with van der Waals surface area (Å²) in [7, 11) is 0. The van der Waals surface area contributed by atoms with Gasteiger partial charge in [-0.1, -0.05) is 18.6 Å². The predicted octanol–water partition coefficient (Wildman–Crippen LogP) is 3.29. The zero-order valence-corrected chi connectivity index (χ0v) is 11.5. The Morgan fingerprint density at radius 2 is 2.00 bits per heavy atom. The number of carbonyl (C=O) groups is 1. The van der Waals surface area contributed by atoms with E-state index < -0.39 is 5.97 Å². The Hall–Kier alpha value is -2.10. The van der Waals surface area contributed by atoms with E-state index in [1.807, 2.05) is 25.1 Å². The van der Waals surface area contributed by atoms with E-state index in [1.165, 1.54) is 6.07 Å². The summed E-state index contributed by atoms with van der Waals surface area (Å²) in [4.78, 5) is 21.8. The van der Waals surface area contributed by atoms with Crippen molar-refractivity contribution in [2.45, 2.75) is 39.0 Å². The first-order chi connectivity index (χ1) is 9.56. The minimum absolute atomic E-state index is 0.228. The van der Waals surface area contributed by atoms with Crippen molar-refractivity contribution >= 4 is 16.9 Å². The smallest absolute Gasteiger partial charge is 0.336 e. The van der Waals surface area contributed by atoms with Gasteiger partial charge in [0.25, 0.3) is 0 Å². The van der Waals surface area contributed by atoms with Crippen LogP contribution in [-0.2, 0) is 11.2 Å². The normalized spacial score (nSPS) is 10.8. The second-order valence-corrected chi connectivity index (χ2v) is 5.03. The van der Waals surface area contributed by atoms with Crippen LogP contribution in [0, 0.1) is 6.92 Å². The van der Waals surface area contributed by atoms with Gasteiger partial charge in [-0.3, -0.25) is 4.79 Å². The highest BCUT2D eigenvalue weighted by molar-refractivity contribution is 5.80. The van der Waals surface area contributed by atoms with Crippen molar-refractivity contribution < 1.29 is 14.3 Å². The lowest BCUT2D eigenvalue weighted by molar-refractivity contribution is -0.137. The van der Waals surface area contributed by atoms with Gasteiger partial charge in [0.1, 0.15) is 5.58 Å². The molecule has 2 rings (SSSR count). The van der Waals surface area contributed by atoms with E-state index in [1.54, 1.807) is 0 Å². The molecule has 4 nitrogen and oxygen atoms in total. The van der Waals surface area contributed by atoms with E-state index in [9.17, 15) is 9.59 Å². The first-order valence-electron chi connectivity index (χ1n) is 6.81. The van der Waals surface area contributed by atoms with Gasteiger partial charge in [0, 0.05) is 17.9 Å². The van der Waals surface area contributed by atoms with Crippen molar-refractivity contribution in [3.63, 3.8) is 0 Å². The number of aryl methyl sites for hydroxylation is 2. The summed E-state index contributed by atoms with van der Waals surface area (Å²) in [6.07, 6.45) is 3.63. The molecule has 0 bridgehead atoms. The van der Waals surface area contributed by atoms with Crippen LogP contribution in [0.4, 0.5) is 0 Å². The summed E-state index contributed by atoms with van der Waals surface area (Å²) in [5.74, 6) is -0.743. The summed E-state index contributed by atoms with van der Waals surface area (Å²) in [5, 5.41) is 9.52. The zero-order chi connectivity index (χ0) is 14.5. The summed E-state index contributed by atoms with van der Waals surface area (Å²) in [5.41, 5.74) is 2.33. The topological polar surface area (TPSA) is 67.5 Å². The summed E-state index contributed by atoms with van der Waals surface area (Å²) >= 11 is 0. The van der Waals surface area contributed by atoms with Crippen LogP contribution in [0.1, 0.15) is 36.8 Å². The van der Waals surface area contributed by atoms with Crippen LogP contribution in [0.2, 0.25) is 0 Å². The summed E-state index contributed by atoms with van der Waals surface area (Å²) < 4.78 is 5.21. The number of rotatable bonds is 6.